The molecule has 0 amide bonds. The van der Waals surface area contributed by atoms with Crippen molar-refractivity contribution in [2.45, 2.75) is 118 Å². The highest BCUT2D eigenvalue weighted by Gasteiger charge is 2.69. The van der Waals surface area contributed by atoms with E-state index < -0.39 is 33.9 Å². The molecule has 4 rings (SSSR count). The topological polar surface area (TPSA) is 101 Å². The fourth-order valence-corrected chi connectivity index (χ4v) is 9.14. The summed E-state index contributed by atoms with van der Waals surface area (Å²) in [6.45, 7) is 14.8. The van der Waals surface area contributed by atoms with Gasteiger partial charge in [-0.3, -0.25) is 14.4 Å². The van der Waals surface area contributed by atoms with E-state index in [1.54, 1.807) is 0 Å². The van der Waals surface area contributed by atoms with Crippen molar-refractivity contribution < 1.29 is 29.3 Å². The summed E-state index contributed by atoms with van der Waals surface area (Å²) in [6, 6.07) is 0. The van der Waals surface area contributed by atoms with Crippen LogP contribution in [0, 0.1) is 39.4 Å². The second-order valence-electron chi connectivity index (χ2n) is 13.8. The van der Waals surface area contributed by atoms with E-state index in [-0.39, 0.29) is 35.3 Å². The molecule has 8 atom stereocenters. The summed E-state index contributed by atoms with van der Waals surface area (Å²) in [6.07, 6.45) is 3.61. The number of allylic oxidation sites excluding steroid dienone is 1. The molecule has 6 nitrogen and oxygen atoms in total. The molecule has 37 heavy (non-hydrogen) atoms. The Morgan fingerprint density at radius 3 is 2.43 bits per heavy atom. The molecular weight excluding hydrogens is 468 g/mol. The first-order valence-electron chi connectivity index (χ1n) is 14.5. The summed E-state index contributed by atoms with van der Waals surface area (Å²) in [5.74, 6) is 0.123. The number of carbonyl (C=O) groups is 3. The van der Waals surface area contributed by atoms with Gasteiger partial charge in [0.05, 0.1) is 18.8 Å². The summed E-state index contributed by atoms with van der Waals surface area (Å²) in [7, 11) is 0. The summed E-state index contributed by atoms with van der Waals surface area (Å²) >= 11 is 0. The van der Waals surface area contributed by atoms with Gasteiger partial charge in [-0.15, -0.1) is 0 Å². The van der Waals surface area contributed by atoms with E-state index in [0.717, 1.165) is 18.4 Å². The van der Waals surface area contributed by atoms with E-state index in [0.29, 0.717) is 57.1 Å². The highest BCUT2D eigenvalue weighted by atomic mass is 16.5. The van der Waals surface area contributed by atoms with E-state index in [1.165, 1.54) is 0 Å². The fourth-order valence-electron chi connectivity index (χ4n) is 9.14. The number of carbonyl (C=O) groups excluding carboxylic acids is 3. The summed E-state index contributed by atoms with van der Waals surface area (Å²) in [5, 5.41) is 23.3. The van der Waals surface area contributed by atoms with Crippen molar-refractivity contribution in [3.63, 3.8) is 0 Å². The van der Waals surface area contributed by atoms with Gasteiger partial charge in [-0.25, -0.2) is 0 Å². The Morgan fingerprint density at radius 1 is 1.11 bits per heavy atom. The maximum absolute atomic E-state index is 14.1. The first-order valence-corrected chi connectivity index (χ1v) is 14.5. The standard InChI is InChI=1S/C31H48O6/c1-8-9-14-37-25(36)11-10-18(2)19-15-24(35)31(7)27-20(32)16-22-28(3,4)23(34)12-13-29(22,5)26(27)21(33)17-30(19,31)6/h18-20,22,24,32,35H,8-17H2,1-7H3/t18-,19-,20+,22?,24+,29+,30-,31+/m1/s1. The van der Waals surface area contributed by atoms with Crippen LogP contribution < -0.4 is 0 Å². The van der Waals surface area contributed by atoms with Gasteiger partial charge in [0.15, 0.2) is 5.78 Å². The number of esters is 1. The van der Waals surface area contributed by atoms with E-state index in [9.17, 15) is 24.6 Å². The van der Waals surface area contributed by atoms with Crippen LogP contribution in [0.4, 0.5) is 0 Å². The van der Waals surface area contributed by atoms with E-state index >= 15 is 0 Å². The van der Waals surface area contributed by atoms with Crippen molar-refractivity contribution >= 4 is 17.5 Å². The molecule has 0 aromatic carbocycles. The SMILES string of the molecule is CCCCOC(=O)CC[C@@H](C)[C@H]1C[C@H](O)[C@@]2(C)C3=C(C(=O)C[C@]12C)[C@@]1(C)CCC(=O)C(C)(C)C1C[C@@H]3O. The van der Waals surface area contributed by atoms with Gasteiger partial charge in [-0.2, -0.15) is 0 Å². The molecule has 2 fully saturated rings. The van der Waals surface area contributed by atoms with Crippen LogP contribution in [0.3, 0.4) is 0 Å². The van der Waals surface area contributed by atoms with Crippen molar-refractivity contribution in [3.05, 3.63) is 11.1 Å². The van der Waals surface area contributed by atoms with Gasteiger partial charge in [-0.1, -0.05) is 54.9 Å². The third-order valence-corrected chi connectivity index (χ3v) is 11.6. The molecule has 4 aliphatic rings. The van der Waals surface area contributed by atoms with Gasteiger partial charge in [0.25, 0.3) is 0 Å². The van der Waals surface area contributed by atoms with Crippen LogP contribution in [0.5, 0.6) is 0 Å². The number of fused-ring (bicyclic) bond motifs is 4. The lowest BCUT2D eigenvalue weighted by atomic mass is 9.42. The normalized spacial score (nSPS) is 41.6. The molecule has 2 saturated carbocycles. The molecule has 4 aliphatic carbocycles. The number of unbranched alkanes of at least 4 members (excludes halogenated alkanes) is 1. The summed E-state index contributed by atoms with van der Waals surface area (Å²) < 4.78 is 5.35. The van der Waals surface area contributed by atoms with Crippen molar-refractivity contribution in [2.75, 3.05) is 6.61 Å². The van der Waals surface area contributed by atoms with Crippen molar-refractivity contribution in [3.8, 4) is 0 Å². The van der Waals surface area contributed by atoms with Gasteiger partial charge in [-0.05, 0) is 60.8 Å². The number of rotatable bonds is 7. The largest absolute Gasteiger partial charge is 0.466 e. The molecule has 0 radical (unpaired) electrons. The minimum absolute atomic E-state index is 0.0380. The summed E-state index contributed by atoms with van der Waals surface area (Å²) in [4.78, 5) is 39.2. The van der Waals surface area contributed by atoms with Gasteiger partial charge in [0, 0.05) is 41.1 Å². The zero-order chi connectivity index (χ0) is 27.6. The van der Waals surface area contributed by atoms with Crippen LogP contribution in [0.2, 0.25) is 0 Å². The summed E-state index contributed by atoms with van der Waals surface area (Å²) in [5.41, 5.74) is -0.932. The lowest BCUT2D eigenvalue weighted by Crippen LogP contribution is -2.60. The lowest BCUT2D eigenvalue weighted by Gasteiger charge is -2.61. The van der Waals surface area contributed by atoms with Crippen molar-refractivity contribution in [2.24, 2.45) is 39.4 Å². The number of ether oxygens (including phenoxy) is 1. The third-order valence-electron chi connectivity index (χ3n) is 11.6. The average molecular weight is 517 g/mol. The second-order valence-corrected chi connectivity index (χ2v) is 13.8. The number of Topliss-reactive ketones (excluding diaryl/α,β-unsaturated/α-hetero) is 2. The Kier molecular flexibility index (Phi) is 7.38. The number of aliphatic hydroxyl groups is 2. The zero-order valence-corrected chi connectivity index (χ0v) is 24.0. The monoisotopic (exact) mass is 516 g/mol. The van der Waals surface area contributed by atoms with Gasteiger partial charge in [0.2, 0.25) is 0 Å². The maximum Gasteiger partial charge on any atom is 0.305 e. The van der Waals surface area contributed by atoms with Crippen LogP contribution in [0.25, 0.3) is 0 Å². The zero-order valence-electron chi connectivity index (χ0n) is 24.0. The number of hydrogen-bond acceptors (Lipinski definition) is 6. The number of hydrogen-bond donors (Lipinski definition) is 2. The molecule has 6 heteroatoms. The van der Waals surface area contributed by atoms with Crippen LogP contribution >= 0.6 is 0 Å². The molecule has 1 unspecified atom stereocenters. The molecule has 208 valence electrons. The second kappa shape index (κ2) is 9.59. The van der Waals surface area contributed by atoms with Crippen molar-refractivity contribution in [1.29, 1.82) is 0 Å². The van der Waals surface area contributed by atoms with Gasteiger partial charge >= 0.3 is 5.97 Å². The molecule has 0 aromatic heterocycles. The molecule has 0 saturated heterocycles. The lowest BCUT2D eigenvalue weighted by molar-refractivity contribution is -0.146. The molecule has 0 aromatic rings. The van der Waals surface area contributed by atoms with Crippen LogP contribution in [0.15, 0.2) is 11.1 Å². The first-order chi connectivity index (χ1) is 17.2. The minimum atomic E-state index is -0.857. The Hall–Kier alpha value is -1.53. The fraction of sp³-hybridized carbons (Fsp3) is 0.839. The van der Waals surface area contributed by atoms with Gasteiger partial charge < -0.3 is 14.9 Å². The van der Waals surface area contributed by atoms with Crippen LogP contribution in [0.1, 0.15) is 106 Å². The van der Waals surface area contributed by atoms with E-state index in [1.807, 2.05) is 13.8 Å². The van der Waals surface area contributed by atoms with Crippen LogP contribution in [-0.4, -0.2) is 46.6 Å². The van der Waals surface area contributed by atoms with Crippen LogP contribution in [-0.2, 0) is 19.1 Å². The van der Waals surface area contributed by atoms with Crippen molar-refractivity contribution in [1.82, 2.24) is 0 Å². The molecule has 0 spiro atoms. The Bertz CT molecular complexity index is 996. The maximum atomic E-state index is 14.1. The highest BCUT2D eigenvalue weighted by Crippen LogP contribution is 2.71. The molecule has 0 bridgehead atoms. The molecular formula is C31H48O6. The minimum Gasteiger partial charge on any atom is -0.466 e. The number of aliphatic hydroxyl groups excluding tert-OH is 2. The molecule has 0 heterocycles. The van der Waals surface area contributed by atoms with Gasteiger partial charge in [0.1, 0.15) is 5.78 Å². The Labute approximate surface area is 222 Å². The predicted molar refractivity (Wildman–Crippen MR) is 141 cm³/mol. The molecule has 2 N–H and O–H groups in total. The molecule has 0 aliphatic heterocycles. The quantitative estimate of drug-likeness (QED) is 0.357. The average Bonchev–Trinajstić information content (AvgIpc) is 3.03. The highest BCUT2D eigenvalue weighted by molar-refractivity contribution is 6.01. The Balaban J connectivity index is 1.68. The van der Waals surface area contributed by atoms with E-state index in [4.69, 9.17) is 4.74 Å². The third kappa shape index (κ3) is 4.07. The number of ketones is 2. The Morgan fingerprint density at radius 2 is 1.78 bits per heavy atom. The predicted octanol–water partition coefficient (Wildman–Crippen LogP) is 5.19. The smallest absolute Gasteiger partial charge is 0.305 e. The first kappa shape index (κ1) is 28.5. The van der Waals surface area contributed by atoms with E-state index in [2.05, 4.69) is 34.6 Å².